The van der Waals surface area contributed by atoms with Crippen LogP contribution in [0.5, 0.6) is 0 Å². The number of hydrogen-bond acceptors (Lipinski definition) is 7. The molecule has 0 saturated carbocycles. The van der Waals surface area contributed by atoms with Gasteiger partial charge in [-0.15, -0.1) is 0 Å². The lowest BCUT2D eigenvalue weighted by atomic mass is 9.93. The summed E-state index contributed by atoms with van der Waals surface area (Å²) < 4.78 is 15.5. The molecule has 2 N–H and O–H groups in total. The van der Waals surface area contributed by atoms with Gasteiger partial charge in [0.2, 0.25) is 0 Å². The first-order valence-corrected chi connectivity index (χ1v) is 13.0. The van der Waals surface area contributed by atoms with Crippen LogP contribution in [0.4, 0.5) is 0 Å². The molecule has 0 radical (unpaired) electrons. The van der Waals surface area contributed by atoms with Gasteiger partial charge in [0.25, 0.3) is 0 Å². The maximum atomic E-state index is 12.2. The summed E-state index contributed by atoms with van der Waals surface area (Å²) >= 11 is 0. The number of esters is 2. The molecule has 0 aromatic heterocycles. The molecule has 3 atom stereocenters. The number of rotatable bonds is 16. The Balaban J connectivity index is 2.03. The first kappa shape index (κ1) is 29.7. The second kappa shape index (κ2) is 16.3. The molecule has 1 aliphatic carbocycles. The fourth-order valence-corrected chi connectivity index (χ4v) is 4.53. The molecule has 0 fully saturated rings. The monoisotopic (exact) mass is 502 g/mol. The van der Waals surface area contributed by atoms with Crippen LogP contribution in [-0.2, 0) is 36.8 Å². The number of unbranched alkanes of at least 4 members (excludes halogenated alkanes) is 3. The number of benzene rings is 1. The van der Waals surface area contributed by atoms with Gasteiger partial charge < -0.3 is 24.4 Å². The fraction of sp³-hybridized carbons (Fsp3) is 0.586. The molecule has 36 heavy (non-hydrogen) atoms. The molecule has 1 aromatic carbocycles. The molecular formula is C29H42O7. The van der Waals surface area contributed by atoms with Gasteiger partial charge in [-0.05, 0) is 42.4 Å². The highest BCUT2D eigenvalue weighted by Crippen LogP contribution is 2.37. The molecule has 0 heterocycles. The second-order valence-electron chi connectivity index (χ2n) is 9.37. The van der Waals surface area contributed by atoms with Gasteiger partial charge in [-0.3, -0.25) is 9.59 Å². The van der Waals surface area contributed by atoms with Crippen molar-refractivity contribution in [2.24, 2.45) is 5.92 Å². The second-order valence-corrected chi connectivity index (χ2v) is 9.37. The van der Waals surface area contributed by atoms with E-state index in [2.05, 4.69) is 4.74 Å². The average Bonchev–Trinajstić information content (AvgIpc) is 3.13. The van der Waals surface area contributed by atoms with Gasteiger partial charge in [-0.25, -0.2) is 0 Å². The van der Waals surface area contributed by atoms with Gasteiger partial charge in [0.15, 0.2) is 0 Å². The van der Waals surface area contributed by atoms with E-state index < -0.39 is 12.2 Å². The predicted octanol–water partition coefficient (Wildman–Crippen LogP) is 4.78. The Bertz CT molecular complexity index is 889. The minimum atomic E-state index is -0.707. The SMILES string of the molecule is CCCC(=O)OC1=C(CCCCCCC(=O)OC)[C@@H](/C=C/[C@@H](O)Cc2cccc(COC)c2)[C@H](O)C1. The number of methoxy groups -OCH3 is 2. The van der Waals surface area contributed by atoms with E-state index in [1.807, 2.05) is 37.3 Å². The lowest BCUT2D eigenvalue weighted by Gasteiger charge is -2.16. The Hall–Kier alpha value is -2.48. The first-order chi connectivity index (χ1) is 17.4. The molecule has 7 heteroatoms. The van der Waals surface area contributed by atoms with Gasteiger partial charge in [0.1, 0.15) is 5.76 Å². The normalized spacial score (nSPS) is 18.6. The van der Waals surface area contributed by atoms with Crippen molar-refractivity contribution < 1.29 is 34.0 Å². The molecule has 2 rings (SSSR count). The van der Waals surface area contributed by atoms with Gasteiger partial charge in [0, 0.05) is 38.7 Å². The van der Waals surface area contributed by atoms with E-state index in [1.54, 1.807) is 13.2 Å². The van der Waals surface area contributed by atoms with Crippen molar-refractivity contribution in [3.63, 3.8) is 0 Å². The van der Waals surface area contributed by atoms with Crippen molar-refractivity contribution >= 4 is 11.9 Å². The van der Waals surface area contributed by atoms with Crippen LogP contribution in [0.15, 0.2) is 47.7 Å². The Labute approximate surface area is 215 Å². The van der Waals surface area contributed by atoms with Crippen molar-refractivity contribution in [1.29, 1.82) is 0 Å². The van der Waals surface area contributed by atoms with E-state index >= 15 is 0 Å². The lowest BCUT2D eigenvalue weighted by molar-refractivity contribution is -0.141. The van der Waals surface area contributed by atoms with E-state index in [-0.39, 0.29) is 24.3 Å². The van der Waals surface area contributed by atoms with E-state index in [1.165, 1.54) is 7.11 Å². The van der Waals surface area contributed by atoms with Gasteiger partial charge >= 0.3 is 11.9 Å². The smallest absolute Gasteiger partial charge is 0.310 e. The van der Waals surface area contributed by atoms with Gasteiger partial charge in [0.05, 0.1) is 25.9 Å². The number of carbonyl (C=O) groups is 2. The molecule has 1 aliphatic rings. The average molecular weight is 503 g/mol. The topological polar surface area (TPSA) is 102 Å². The number of aliphatic hydroxyl groups is 2. The third-order valence-corrected chi connectivity index (χ3v) is 6.35. The van der Waals surface area contributed by atoms with Gasteiger partial charge in [-0.1, -0.05) is 56.2 Å². The Morgan fingerprint density at radius 1 is 1.08 bits per heavy atom. The first-order valence-electron chi connectivity index (χ1n) is 13.0. The quantitative estimate of drug-likeness (QED) is 0.190. The van der Waals surface area contributed by atoms with Crippen LogP contribution < -0.4 is 0 Å². The lowest BCUT2D eigenvalue weighted by Crippen LogP contribution is -2.16. The van der Waals surface area contributed by atoms with Crippen LogP contribution in [0.25, 0.3) is 0 Å². The van der Waals surface area contributed by atoms with Crippen molar-refractivity contribution in [1.82, 2.24) is 0 Å². The third-order valence-electron chi connectivity index (χ3n) is 6.35. The Kier molecular flexibility index (Phi) is 13.5. The molecule has 0 spiro atoms. The van der Waals surface area contributed by atoms with Crippen molar-refractivity contribution in [3.8, 4) is 0 Å². The summed E-state index contributed by atoms with van der Waals surface area (Å²) in [4.78, 5) is 23.4. The largest absolute Gasteiger partial charge is 0.469 e. The summed E-state index contributed by atoms with van der Waals surface area (Å²) in [5.74, 6) is -0.224. The Morgan fingerprint density at radius 3 is 2.56 bits per heavy atom. The van der Waals surface area contributed by atoms with Crippen LogP contribution in [0, 0.1) is 5.92 Å². The Morgan fingerprint density at radius 2 is 1.83 bits per heavy atom. The van der Waals surface area contributed by atoms with E-state index in [0.29, 0.717) is 44.5 Å². The van der Waals surface area contributed by atoms with Gasteiger partial charge in [-0.2, -0.15) is 0 Å². The van der Waals surface area contributed by atoms with Crippen LogP contribution in [-0.4, -0.2) is 48.6 Å². The highest BCUT2D eigenvalue weighted by molar-refractivity contribution is 5.70. The molecule has 0 aliphatic heterocycles. The highest BCUT2D eigenvalue weighted by atomic mass is 16.5. The summed E-state index contributed by atoms with van der Waals surface area (Å²) in [5, 5.41) is 21.4. The van der Waals surface area contributed by atoms with Crippen LogP contribution in [0.3, 0.4) is 0 Å². The van der Waals surface area contributed by atoms with E-state index in [0.717, 1.165) is 42.4 Å². The number of hydrogen-bond donors (Lipinski definition) is 2. The standard InChI is InChI=1S/C29H42O7/c1-4-10-29(33)36-27-19-26(31)24(25(27)13-7-5-6-8-14-28(32)35-3)16-15-23(30)18-21-11-9-12-22(17-21)20-34-2/h9,11-12,15-17,23-24,26,30-31H,4-8,10,13-14,18-20H2,1-3H3/b16-15+/t23-,24-,26-/m1/s1. The molecule has 7 nitrogen and oxygen atoms in total. The van der Waals surface area contributed by atoms with E-state index in [4.69, 9.17) is 9.47 Å². The molecule has 0 amide bonds. The van der Waals surface area contributed by atoms with Crippen molar-refractivity contribution in [2.75, 3.05) is 14.2 Å². The molecule has 1 aromatic rings. The maximum Gasteiger partial charge on any atom is 0.310 e. The number of carbonyl (C=O) groups excluding carboxylic acids is 2. The zero-order valence-electron chi connectivity index (χ0n) is 21.9. The summed E-state index contributed by atoms with van der Waals surface area (Å²) in [6.45, 7) is 2.44. The summed E-state index contributed by atoms with van der Waals surface area (Å²) in [6, 6.07) is 7.92. The molecule has 200 valence electrons. The zero-order chi connectivity index (χ0) is 26.3. The maximum absolute atomic E-state index is 12.2. The molecule has 0 unspecified atom stereocenters. The minimum absolute atomic E-state index is 0.198. The third kappa shape index (κ3) is 10.2. The predicted molar refractivity (Wildman–Crippen MR) is 138 cm³/mol. The molecular weight excluding hydrogens is 460 g/mol. The van der Waals surface area contributed by atoms with Crippen LogP contribution in [0.2, 0.25) is 0 Å². The highest BCUT2D eigenvalue weighted by Gasteiger charge is 2.33. The van der Waals surface area contributed by atoms with Crippen molar-refractivity contribution in [2.45, 2.75) is 89.9 Å². The fourth-order valence-electron chi connectivity index (χ4n) is 4.53. The van der Waals surface area contributed by atoms with E-state index in [9.17, 15) is 19.8 Å². The summed E-state index contributed by atoms with van der Waals surface area (Å²) in [5.41, 5.74) is 2.98. The number of ether oxygens (including phenoxy) is 3. The minimum Gasteiger partial charge on any atom is -0.469 e. The van der Waals surface area contributed by atoms with Crippen LogP contribution in [0.1, 0.15) is 75.8 Å². The molecule has 0 bridgehead atoms. The summed E-state index contributed by atoms with van der Waals surface area (Å²) in [6.07, 6.45) is 8.50. The zero-order valence-corrected chi connectivity index (χ0v) is 21.9. The van der Waals surface area contributed by atoms with Crippen LogP contribution >= 0.6 is 0 Å². The molecule has 0 saturated heterocycles. The number of aliphatic hydroxyl groups excluding tert-OH is 2. The summed E-state index contributed by atoms with van der Waals surface area (Å²) in [7, 11) is 3.04. The van der Waals surface area contributed by atoms with Crippen molar-refractivity contribution in [3.05, 3.63) is 58.9 Å².